The van der Waals surface area contributed by atoms with E-state index in [1.54, 1.807) is 0 Å². The second-order valence-corrected chi connectivity index (χ2v) is 5.72. The molecule has 1 atom stereocenters. The lowest BCUT2D eigenvalue weighted by atomic mass is 10.0. The zero-order valence-electron chi connectivity index (χ0n) is 13.5. The number of aliphatic hydroxyl groups is 1. The van der Waals surface area contributed by atoms with Gasteiger partial charge in [-0.05, 0) is 42.7 Å². The highest BCUT2D eigenvalue weighted by atomic mass is 16.5. The Bertz CT molecular complexity index is 578. The molecule has 0 aromatic heterocycles. The van der Waals surface area contributed by atoms with Gasteiger partial charge in [0.1, 0.15) is 5.75 Å². The monoisotopic (exact) mass is 300 g/mol. The van der Waals surface area contributed by atoms with E-state index in [0.29, 0.717) is 23.8 Å². The first kappa shape index (κ1) is 16.4. The van der Waals surface area contributed by atoms with Gasteiger partial charge in [0.05, 0.1) is 6.10 Å². The van der Waals surface area contributed by atoms with Crippen LogP contribution < -0.4 is 9.47 Å². The van der Waals surface area contributed by atoms with E-state index in [2.05, 4.69) is 19.9 Å². The molecule has 0 spiro atoms. The van der Waals surface area contributed by atoms with E-state index in [4.69, 9.17) is 14.6 Å². The molecule has 0 heterocycles. The van der Waals surface area contributed by atoms with Crippen LogP contribution in [0.1, 0.15) is 38.7 Å². The summed E-state index contributed by atoms with van der Waals surface area (Å²) >= 11 is 0. The first-order valence-electron chi connectivity index (χ1n) is 7.74. The fraction of sp³-hybridized carbons (Fsp3) is 0.368. The van der Waals surface area contributed by atoms with E-state index < -0.39 is 0 Å². The minimum atomic E-state index is -0.0620. The lowest BCUT2D eigenvalue weighted by molar-refractivity contribution is 0.165. The second kappa shape index (κ2) is 7.85. The highest BCUT2D eigenvalue weighted by Crippen LogP contribution is 2.35. The fourth-order valence-corrected chi connectivity index (χ4v) is 2.13. The smallest absolute Gasteiger partial charge is 0.169 e. The predicted molar refractivity (Wildman–Crippen MR) is 88.8 cm³/mol. The van der Waals surface area contributed by atoms with Gasteiger partial charge in [-0.25, -0.2) is 0 Å². The molecule has 0 saturated heterocycles. The maximum atomic E-state index is 9.02. The molecule has 0 aliphatic rings. The first-order valence-corrected chi connectivity index (χ1v) is 7.74. The predicted octanol–water partition coefficient (Wildman–Crippen LogP) is 4.75. The molecule has 3 heteroatoms. The van der Waals surface area contributed by atoms with Crippen LogP contribution in [0.2, 0.25) is 0 Å². The molecule has 3 nitrogen and oxygen atoms in total. The largest absolute Gasteiger partial charge is 0.487 e. The topological polar surface area (TPSA) is 38.7 Å². The Kier molecular flexibility index (Phi) is 5.84. The van der Waals surface area contributed by atoms with Gasteiger partial charge < -0.3 is 14.6 Å². The van der Waals surface area contributed by atoms with Crippen LogP contribution in [0, 0.1) is 0 Å². The Labute approximate surface area is 132 Å². The Balaban J connectivity index is 2.27. The van der Waals surface area contributed by atoms with Gasteiger partial charge in [-0.15, -0.1) is 0 Å². The van der Waals surface area contributed by atoms with Crippen molar-refractivity contribution in [1.82, 2.24) is 0 Å². The van der Waals surface area contributed by atoms with Gasteiger partial charge in [0, 0.05) is 13.0 Å². The van der Waals surface area contributed by atoms with Gasteiger partial charge in [-0.1, -0.05) is 38.1 Å². The van der Waals surface area contributed by atoms with Crippen LogP contribution in [0.4, 0.5) is 0 Å². The first-order chi connectivity index (χ1) is 10.6. The quantitative estimate of drug-likeness (QED) is 0.801. The number of rotatable bonds is 7. The molecule has 2 rings (SSSR count). The standard InChI is InChI=1S/C19H24O3/c1-14(2)16-9-10-18(21-15(3)11-12-20)19(13-16)22-17-7-5-4-6-8-17/h4-10,13-15,20H,11-12H2,1-3H3. The van der Waals surface area contributed by atoms with Gasteiger partial charge in [-0.3, -0.25) is 0 Å². The van der Waals surface area contributed by atoms with Crippen molar-refractivity contribution in [2.75, 3.05) is 6.61 Å². The summed E-state index contributed by atoms with van der Waals surface area (Å²) < 4.78 is 11.9. The molecular formula is C19H24O3. The molecule has 0 radical (unpaired) electrons. The molecule has 0 fully saturated rings. The van der Waals surface area contributed by atoms with Gasteiger partial charge in [0.2, 0.25) is 0 Å². The summed E-state index contributed by atoms with van der Waals surface area (Å²) in [6.07, 6.45) is 0.532. The van der Waals surface area contributed by atoms with Crippen LogP contribution in [-0.2, 0) is 0 Å². The molecule has 118 valence electrons. The third kappa shape index (κ3) is 4.50. The van der Waals surface area contributed by atoms with E-state index in [1.165, 1.54) is 5.56 Å². The van der Waals surface area contributed by atoms with Crippen LogP contribution in [0.3, 0.4) is 0 Å². The van der Waals surface area contributed by atoms with Crippen molar-refractivity contribution in [2.24, 2.45) is 0 Å². The number of aliphatic hydroxyl groups excluding tert-OH is 1. The Hall–Kier alpha value is -2.00. The lowest BCUT2D eigenvalue weighted by Gasteiger charge is -2.18. The minimum Gasteiger partial charge on any atom is -0.487 e. The number of benzene rings is 2. The number of hydrogen-bond donors (Lipinski definition) is 1. The summed E-state index contributed by atoms with van der Waals surface area (Å²) in [5.74, 6) is 2.61. The van der Waals surface area contributed by atoms with E-state index in [1.807, 2.05) is 49.4 Å². The van der Waals surface area contributed by atoms with Crippen molar-refractivity contribution in [2.45, 2.75) is 39.2 Å². The van der Waals surface area contributed by atoms with E-state index in [-0.39, 0.29) is 12.7 Å². The average molecular weight is 300 g/mol. The summed E-state index contributed by atoms with van der Waals surface area (Å²) in [6, 6.07) is 15.7. The maximum absolute atomic E-state index is 9.02. The molecule has 22 heavy (non-hydrogen) atoms. The van der Waals surface area contributed by atoms with Gasteiger partial charge in [0.15, 0.2) is 11.5 Å². The van der Waals surface area contributed by atoms with Crippen LogP contribution >= 0.6 is 0 Å². The molecule has 0 bridgehead atoms. The summed E-state index contributed by atoms with van der Waals surface area (Å²) in [6.45, 7) is 6.35. The van der Waals surface area contributed by atoms with Gasteiger partial charge >= 0.3 is 0 Å². The van der Waals surface area contributed by atoms with Crippen molar-refractivity contribution in [1.29, 1.82) is 0 Å². The Morgan fingerprint density at radius 2 is 1.68 bits per heavy atom. The van der Waals surface area contributed by atoms with Crippen LogP contribution in [0.5, 0.6) is 17.2 Å². The Morgan fingerprint density at radius 1 is 0.955 bits per heavy atom. The third-order valence-electron chi connectivity index (χ3n) is 3.47. The zero-order valence-corrected chi connectivity index (χ0v) is 13.5. The molecule has 2 aromatic rings. The molecule has 0 amide bonds. The molecule has 1 N–H and O–H groups in total. The number of hydrogen-bond acceptors (Lipinski definition) is 3. The molecule has 1 unspecified atom stereocenters. The summed E-state index contributed by atoms with van der Waals surface area (Å²) in [5.41, 5.74) is 1.20. The Morgan fingerprint density at radius 3 is 2.32 bits per heavy atom. The fourth-order valence-electron chi connectivity index (χ4n) is 2.13. The van der Waals surface area contributed by atoms with E-state index in [0.717, 1.165) is 5.75 Å². The number of para-hydroxylation sites is 1. The third-order valence-corrected chi connectivity index (χ3v) is 3.47. The molecule has 0 aliphatic carbocycles. The lowest BCUT2D eigenvalue weighted by Crippen LogP contribution is -2.14. The van der Waals surface area contributed by atoms with Crippen molar-refractivity contribution >= 4 is 0 Å². The summed E-state index contributed by atoms with van der Waals surface area (Å²) in [5, 5.41) is 9.02. The highest BCUT2D eigenvalue weighted by molar-refractivity contribution is 5.46. The maximum Gasteiger partial charge on any atom is 0.169 e. The van der Waals surface area contributed by atoms with E-state index in [9.17, 15) is 0 Å². The minimum absolute atomic E-state index is 0.0620. The van der Waals surface area contributed by atoms with Crippen LogP contribution in [-0.4, -0.2) is 17.8 Å². The number of ether oxygens (including phenoxy) is 2. The molecular weight excluding hydrogens is 276 g/mol. The normalized spacial score (nSPS) is 12.2. The van der Waals surface area contributed by atoms with Gasteiger partial charge in [0.25, 0.3) is 0 Å². The van der Waals surface area contributed by atoms with E-state index >= 15 is 0 Å². The van der Waals surface area contributed by atoms with Crippen LogP contribution in [0.15, 0.2) is 48.5 Å². The summed E-state index contributed by atoms with van der Waals surface area (Å²) in [7, 11) is 0. The van der Waals surface area contributed by atoms with Crippen molar-refractivity contribution in [3.05, 3.63) is 54.1 Å². The van der Waals surface area contributed by atoms with Crippen LogP contribution in [0.25, 0.3) is 0 Å². The SMILES string of the molecule is CC(CCO)Oc1ccc(C(C)C)cc1Oc1ccccc1. The van der Waals surface area contributed by atoms with Gasteiger partial charge in [-0.2, -0.15) is 0 Å². The average Bonchev–Trinajstić information content (AvgIpc) is 2.50. The summed E-state index contributed by atoms with van der Waals surface area (Å²) in [4.78, 5) is 0. The highest BCUT2D eigenvalue weighted by Gasteiger charge is 2.12. The molecule has 2 aromatic carbocycles. The molecule has 0 saturated carbocycles. The zero-order chi connectivity index (χ0) is 15.9. The second-order valence-electron chi connectivity index (χ2n) is 5.72. The van der Waals surface area contributed by atoms with Crippen molar-refractivity contribution in [3.63, 3.8) is 0 Å². The van der Waals surface area contributed by atoms with Crippen molar-refractivity contribution in [3.8, 4) is 17.2 Å². The van der Waals surface area contributed by atoms with Crippen molar-refractivity contribution < 1.29 is 14.6 Å². The molecule has 0 aliphatic heterocycles.